The first-order valence-electron chi connectivity index (χ1n) is 8.80. The summed E-state index contributed by atoms with van der Waals surface area (Å²) in [7, 11) is 3.42. The molecule has 0 aliphatic heterocycles. The largest absolute Gasteiger partial charge is 0.494 e. The lowest BCUT2D eigenvalue weighted by atomic mass is 10.3. The number of hydrogen-bond donors (Lipinski definition) is 0. The van der Waals surface area contributed by atoms with Gasteiger partial charge in [0, 0.05) is 18.2 Å². The summed E-state index contributed by atoms with van der Waals surface area (Å²) < 4.78 is 100. The molecule has 0 N–H and O–H groups in total. The molecule has 0 atom stereocenters. The van der Waals surface area contributed by atoms with Crippen molar-refractivity contribution in [2.45, 2.75) is 0 Å². The van der Waals surface area contributed by atoms with Gasteiger partial charge >= 0.3 is 14.1 Å². The molecule has 0 heterocycles. The van der Waals surface area contributed by atoms with Crippen molar-refractivity contribution in [1.82, 2.24) is 0 Å². The van der Waals surface area contributed by atoms with Gasteiger partial charge < -0.3 is 14.2 Å². The molecule has 0 saturated heterocycles. The summed E-state index contributed by atoms with van der Waals surface area (Å²) >= 11 is -3.48. The smallest absolute Gasteiger partial charge is 0.398 e. The van der Waals surface area contributed by atoms with E-state index < -0.39 is 49.1 Å². The fraction of sp³-hybridized carbons (Fsp3) is 0.143. The zero-order valence-electron chi connectivity index (χ0n) is 16.5. The minimum Gasteiger partial charge on any atom is -0.494 e. The van der Waals surface area contributed by atoms with Crippen LogP contribution in [0.1, 0.15) is 0 Å². The van der Waals surface area contributed by atoms with Gasteiger partial charge in [-0.1, -0.05) is 13.3 Å². The molecule has 10 heteroatoms. The van der Waals surface area contributed by atoms with Crippen molar-refractivity contribution in [2.24, 2.45) is 0 Å². The van der Waals surface area contributed by atoms with Crippen LogP contribution in [-0.4, -0.2) is 35.5 Å². The Kier molecular flexibility index (Phi) is 6.72. The zero-order chi connectivity index (χ0) is 22.9. The van der Waals surface area contributed by atoms with Gasteiger partial charge in [0.05, 0.1) is 21.3 Å². The molecule has 0 aliphatic carbocycles. The van der Waals surface area contributed by atoms with Crippen LogP contribution in [0.5, 0.6) is 17.2 Å². The van der Waals surface area contributed by atoms with Crippen LogP contribution in [0, 0.1) is 34.9 Å². The second-order valence-electron chi connectivity index (χ2n) is 6.46. The average molecular weight is 456 g/mol. The number of halogens is 6. The molecule has 0 spiro atoms. The lowest BCUT2D eigenvalue weighted by Crippen LogP contribution is -2.55. The molecule has 0 radical (unpaired) electrons. The van der Waals surface area contributed by atoms with Crippen molar-refractivity contribution in [3.8, 4) is 17.2 Å². The number of ether oxygens (including phenoxy) is 3. The number of methoxy groups -OCH3 is 3. The van der Waals surface area contributed by atoms with Crippen LogP contribution in [0.4, 0.5) is 26.3 Å². The third-order valence-electron chi connectivity index (χ3n) is 4.75. The van der Waals surface area contributed by atoms with Gasteiger partial charge in [-0.3, -0.25) is 0 Å². The quantitative estimate of drug-likeness (QED) is 0.422. The van der Waals surface area contributed by atoms with Crippen LogP contribution >= 0.6 is 0 Å². The number of rotatable bonds is 6. The first-order chi connectivity index (χ1) is 14.7. The van der Waals surface area contributed by atoms with Gasteiger partial charge in [-0.15, -0.1) is 0 Å². The highest BCUT2D eigenvalue weighted by atomic mass is 27.2. The van der Waals surface area contributed by atoms with E-state index in [4.69, 9.17) is 14.2 Å². The third kappa shape index (κ3) is 4.31. The summed E-state index contributed by atoms with van der Waals surface area (Å²) in [6.07, 6.45) is 0. The van der Waals surface area contributed by atoms with E-state index in [1.54, 1.807) is 0 Å². The van der Waals surface area contributed by atoms with Crippen molar-refractivity contribution < 1.29 is 40.6 Å². The second kappa shape index (κ2) is 9.12. The Morgan fingerprint density at radius 3 is 0.935 bits per heavy atom. The van der Waals surface area contributed by atoms with Crippen LogP contribution in [-0.2, 0) is 0 Å². The summed E-state index contributed by atoms with van der Waals surface area (Å²) in [6, 6.07) is 4.49. The third-order valence-corrected chi connectivity index (χ3v) is 7.94. The highest BCUT2D eigenvalue weighted by molar-refractivity contribution is 6.95. The van der Waals surface area contributed by atoms with E-state index in [9.17, 15) is 26.3 Å². The minimum atomic E-state index is -3.48. The molecule has 0 aromatic heterocycles. The van der Waals surface area contributed by atoms with Gasteiger partial charge in [0.1, 0.15) is 17.5 Å². The normalized spacial score (nSPS) is 10.7. The monoisotopic (exact) mass is 456 g/mol. The van der Waals surface area contributed by atoms with Crippen molar-refractivity contribution in [3.63, 3.8) is 0 Å². The maximum Gasteiger partial charge on any atom is 0.398 e. The number of hydrogen-bond acceptors (Lipinski definition) is 3. The van der Waals surface area contributed by atoms with Gasteiger partial charge in [-0.25, -0.2) is 26.3 Å². The summed E-state index contributed by atoms with van der Waals surface area (Å²) in [5.74, 6) is -7.45. The molecular formula is C21H15AlF6O3. The SMILES string of the molecule is COc1c[c]([Al]([c]2cc(OC)c(F)cc2F)[c]2cc(OC)c(F)cc2F)c(F)cc1F. The Morgan fingerprint density at radius 1 is 0.452 bits per heavy atom. The van der Waals surface area contributed by atoms with E-state index in [2.05, 4.69) is 0 Å². The lowest BCUT2D eigenvalue weighted by molar-refractivity contribution is 0.384. The maximum atomic E-state index is 14.9. The average Bonchev–Trinajstić information content (AvgIpc) is 2.72. The predicted molar refractivity (Wildman–Crippen MR) is 103 cm³/mol. The highest BCUT2D eigenvalue weighted by Crippen LogP contribution is 2.21. The van der Waals surface area contributed by atoms with Crippen molar-refractivity contribution in [3.05, 3.63) is 71.3 Å². The Hall–Kier alpha value is -2.83. The molecule has 3 rings (SSSR count). The van der Waals surface area contributed by atoms with E-state index in [1.165, 1.54) is 0 Å². The molecular weight excluding hydrogens is 441 g/mol. The van der Waals surface area contributed by atoms with Gasteiger partial charge in [0.2, 0.25) is 0 Å². The summed E-state index contributed by atoms with van der Waals surface area (Å²) in [5.41, 5.74) is 0. The topological polar surface area (TPSA) is 27.7 Å². The minimum absolute atomic E-state index is 0.265. The Balaban J connectivity index is 2.40. The van der Waals surface area contributed by atoms with Crippen LogP contribution in [0.2, 0.25) is 0 Å². The first kappa shape index (κ1) is 22.8. The molecule has 0 amide bonds. The fourth-order valence-corrected chi connectivity index (χ4v) is 6.31. The van der Waals surface area contributed by atoms with Gasteiger partial charge in [0.25, 0.3) is 0 Å². The van der Waals surface area contributed by atoms with E-state index >= 15 is 0 Å². The fourth-order valence-electron chi connectivity index (χ4n) is 3.27. The number of benzene rings is 3. The highest BCUT2D eigenvalue weighted by Gasteiger charge is 2.36. The van der Waals surface area contributed by atoms with Gasteiger partial charge in [-0.05, 0) is 18.2 Å². The van der Waals surface area contributed by atoms with Gasteiger partial charge in [0.15, 0.2) is 34.7 Å². The maximum absolute atomic E-state index is 14.9. The van der Waals surface area contributed by atoms with Crippen LogP contribution in [0.25, 0.3) is 0 Å². The zero-order valence-corrected chi connectivity index (χ0v) is 17.7. The van der Waals surface area contributed by atoms with E-state index in [0.29, 0.717) is 18.2 Å². The first-order valence-corrected chi connectivity index (χ1v) is 10.5. The molecule has 0 bridgehead atoms. The molecule has 3 aromatic carbocycles. The summed E-state index contributed by atoms with van der Waals surface area (Å²) in [6.45, 7) is 0. The molecule has 0 unspecified atom stereocenters. The Bertz CT molecular complexity index is 997. The summed E-state index contributed by atoms with van der Waals surface area (Å²) in [4.78, 5) is 0. The second-order valence-corrected chi connectivity index (χ2v) is 9.19. The molecule has 31 heavy (non-hydrogen) atoms. The predicted octanol–water partition coefficient (Wildman–Crippen LogP) is 3.06. The van der Waals surface area contributed by atoms with Crippen LogP contribution in [0.15, 0.2) is 36.4 Å². The molecule has 0 saturated carbocycles. The molecule has 0 aliphatic rings. The van der Waals surface area contributed by atoms with Crippen LogP contribution in [0.3, 0.4) is 0 Å². The Labute approximate surface area is 178 Å². The van der Waals surface area contributed by atoms with E-state index in [1.807, 2.05) is 0 Å². The lowest BCUT2D eigenvalue weighted by Gasteiger charge is -2.19. The van der Waals surface area contributed by atoms with Crippen molar-refractivity contribution >= 4 is 27.4 Å². The van der Waals surface area contributed by atoms with Crippen molar-refractivity contribution in [2.75, 3.05) is 21.3 Å². The molecule has 162 valence electrons. The molecule has 3 nitrogen and oxygen atoms in total. The Morgan fingerprint density at radius 2 is 0.710 bits per heavy atom. The van der Waals surface area contributed by atoms with Crippen molar-refractivity contribution in [1.29, 1.82) is 0 Å². The van der Waals surface area contributed by atoms with E-state index in [0.717, 1.165) is 39.5 Å². The molecule has 3 aromatic rings. The van der Waals surface area contributed by atoms with Gasteiger partial charge in [-0.2, -0.15) is 0 Å². The summed E-state index contributed by atoms with van der Waals surface area (Å²) in [5, 5.41) is 0. The standard InChI is InChI=1S/3C7H5F2O.Al/c3*1-10-7-3-2-5(8)4-6(7)9;/h3*3-4H,1H3;. The van der Waals surface area contributed by atoms with E-state index in [-0.39, 0.29) is 30.5 Å². The molecule has 0 fully saturated rings. The van der Waals surface area contributed by atoms with Crippen LogP contribution < -0.4 is 27.5 Å².